The van der Waals surface area contributed by atoms with E-state index in [0.717, 1.165) is 13.0 Å². The fraction of sp³-hybridized carbons (Fsp3) is 0.294. The Labute approximate surface area is 115 Å². The minimum absolute atomic E-state index is 0.317. The van der Waals surface area contributed by atoms with Crippen LogP contribution in [-0.2, 0) is 6.54 Å². The number of phenolic OH excluding ortho intramolecular Hbond substituents is 1. The van der Waals surface area contributed by atoms with Gasteiger partial charge in [0.1, 0.15) is 5.75 Å². The van der Waals surface area contributed by atoms with E-state index >= 15 is 0 Å². The van der Waals surface area contributed by atoms with E-state index in [2.05, 4.69) is 43.4 Å². The molecule has 0 fully saturated rings. The van der Waals surface area contributed by atoms with E-state index in [9.17, 15) is 5.11 Å². The summed E-state index contributed by atoms with van der Waals surface area (Å²) in [5, 5.41) is 12.9. The maximum atomic E-state index is 9.33. The van der Waals surface area contributed by atoms with Crippen molar-refractivity contribution in [1.82, 2.24) is 5.32 Å². The van der Waals surface area contributed by atoms with Crippen molar-refractivity contribution in [3.8, 4) is 5.75 Å². The Balaban J connectivity index is 2.01. The van der Waals surface area contributed by atoms with Crippen LogP contribution in [0.15, 0.2) is 48.5 Å². The van der Waals surface area contributed by atoms with E-state index in [0.29, 0.717) is 11.8 Å². The molecule has 0 bridgehead atoms. The third kappa shape index (κ3) is 3.83. The molecular weight excluding hydrogens is 234 g/mol. The minimum Gasteiger partial charge on any atom is -0.508 e. The van der Waals surface area contributed by atoms with Gasteiger partial charge in [0.2, 0.25) is 0 Å². The van der Waals surface area contributed by atoms with Crippen molar-refractivity contribution in [2.45, 2.75) is 32.9 Å². The molecule has 0 saturated carbocycles. The first-order chi connectivity index (χ1) is 9.19. The maximum absolute atomic E-state index is 9.33. The maximum Gasteiger partial charge on any atom is 0.115 e. The van der Waals surface area contributed by atoms with E-state index in [1.807, 2.05) is 12.1 Å². The van der Waals surface area contributed by atoms with Crippen LogP contribution in [0.2, 0.25) is 0 Å². The lowest BCUT2D eigenvalue weighted by atomic mass is 10.0. The lowest BCUT2D eigenvalue weighted by molar-refractivity contribution is 0.473. The molecule has 0 heterocycles. The molecule has 100 valence electrons. The number of benzene rings is 2. The molecule has 0 amide bonds. The van der Waals surface area contributed by atoms with Crippen LogP contribution in [0.3, 0.4) is 0 Å². The van der Waals surface area contributed by atoms with Gasteiger partial charge in [-0.1, -0.05) is 48.9 Å². The number of hydrogen-bond donors (Lipinski definition) is 2. The normalized spacial score (nSPS) is 12.3. The molecule has 2 N–H and O–H groups in total. The van der Waals surface area contributed by atoms with Gasteiger partial charge >= 0.3 is 0 Å². The molecule has 2 nitrogen and oxygen atoms in total. The van der Waals surface area contributed by atoms with Gasteiger partial charge < -0.3 is 10.4 Å². The van der Waals surface area contributed by atoms with Gasteiger partial charge in [-0.25, -0.2) is 0 Å². The zero-order valence-electron chi connectivity index (χ0n) is 11.6. The van der Waals surface area contributed by atoms with Gasteiger partial charge in [0, 0.05) is 12.6 Å². The van der Waals surface area contributed by atoms with E-state index in [4.69, 9.17) is 0 Å². The standard InChI is InChI=1S/C17H21NO/c1-3-17(15-7-9-16(19)10-8-15)18-12-14-6-4-5-13(2)11-14/h4-11,17-19H,3,12H2,1-2H3. The second-order valence-corrected chi connectivity index (χ2v) is 4.92. The molecule has 0 spiro atoms. The summed E-state index contributed by atoms with van der Waals surface area (Å²) < 4.78 is 0. The first-order valence-electron chi connectivity index (χ1n) is 6.77. The Morgan fingerprint density at radius 3 is 2.47 bits per heavy atom. The Hall–Kier alpha value is -1.80. The molecule has 2 aromatic rings. The van der Waals surface area contributed by atoms with Crippen LogP contribution in [-0.4, -0.2) is 5.11 Å². The van der Waals surface area contributed by atoms with Crippen LogP contribution in [0.1, 0.15) is 36.1 Å². The Kier molecular flexibility index (Phi) is 4.58. The summed E-state index contributed by atoms with van der Waals surface area (Å²) in [4.78, 5) is 0. The van der Waals surface area contributed by atoms with Crippen molar-refractivity contribution in [2.75, 3.05) is 0 Å². The van der Waals surface area contributed by atoms with Gasteiger partial charge in [0.05, 0.1) is 0 Å². The van der Waals surface area contributed by atoms with Crippen LogP contribution in [0.25, 0.3) is 0 Å². The minimum atomic E-state index is 0.317. The fourth-order valence-corrected chi connectivity index (χ4v) is 2.27. The molecule has 0 aliphatic rings. The molecule has 1 atom stereocenters. The van der Waals surface area contributed by atoms with Crippen molar-refractivity contribution in [2.24, 2.45) is 0 Å². The molecule has 19 heavy (non-hydrogen) atoms. The van der Waals surface area contributed by atoms with Crippen molar-refractivity contribution in [3.05, 3.63) is 65.2 Å². The lowest BCUT2D eigenvalue weighted by Crippen LogP contribution is -2.20. The fourth-order valence-electron chi connectivity index (χ4n) is 2.27. The monoisotopic (exact) mass is 255 g/mol. The van der Waals surface area contributed by atoms with E-state index in [1.165, 1.54) is 16.7 Å². The van der Waals surface area contributed by atoms with E-state index in [1.54, 1.807) is 12.1 Å². The third-order valence-corrected chi connectivity index (χ3v) is 3.34. The van der Waals surface area contributed by atoms with Crippen molar-refractivity contribution in [1.29, 1.82) is 0 Å². The summed E-state index contributed by atoms with van der Waals surface area (Å²) in [7, 11) is 0. The van der Waals surface area contributed by atoms with Gasteiger partial charge in [-0.15, -0.1) is 0 Å². The summed E-state index contributed by atoms with van der Waals surface area (Å²) >= 11 is 0. The Bertz CT molecular complexity index is 519. The second kappa shape index (κ2) is 6.39. The highest BCUT2D eigenvalue weighted by molar-refractivity contribution is 5.28. The summed E-state index contributed by atoms with van der Waals surface area (Å²) in [6.07, 6.45) is 1.02. The number of aryl methyl sites for hydroxylation is 1. The SMILES string of the molecule is CCC(NCc1cccc(C)c1)c1ccc(O)cc1. The predicted octanol–water partition coefficient (Wildman–Crippen LogP) is 3.94. The average molecular weight is 255 g/mol. The Morgan fingerprint density at radius 1 is 1.11 bits per heavy atom. The number of phenols is 1. The topological polar surface area (TPSA) is 32.3 Å². The zero-order chi connectivity index (χ0) is 13.7. The lowest BCUT2D eigenvalue weighted by Gasteiger charge is -2.17. The van der Waals surface area contributed by atoms with Crippen molar-refractivity contribution >= 4 is 0 Å². The quantitative estimate of drug-likeness (QED) is 0.848. The predicted molar refractivity (Wildman–Crippen MR) is 79.2 cm³/mol. The van der Waals surface area contributed by atoms with Crippen LogP contribution in [0.5, 0.6) is 5.75 Å². The largest absolute Gasteiger partial charge is 0.508 e. The first-order valence-corrected chi connectivity index (χ1v) is 6.77. The highest BCUT2D eigenvalue weighted by Crippen LogP contribution is 2.20. The third-order valence-electron chi connectivity index (χ3n) is 3.34. The molecule has 2 rings (SSSR count). The molecule has 0 aliphatic heterocycles. The van der Waals surface area contributed by atoms with E-state index < -0.39 is 0 Å². The molecule has 0 aliphatic carbocycles. The van der Waals surface area contributed by atoms with Gasteiger partial charge in [-0.05, 0) is 36.6 Å². The molecule has 1 unspecified atom stereocenters. The smallest absolute Gasteiger partial charge is 0.115 e. The Morgan fingerprint density at radius 2 is 1.84 bits per heavy atom. The van der Waals surface area contributed by atoms with Gasteiger partial charge in [-0.2, -0.15) is 0 Å². The zero-order valence-corrected chi connectivity index (χ0v) is 11.6. The number of aromatic hydroxyl groups is 1. The second-order valence-electron chi connectivity index (χ2n) is 4.92. The average Bonchev–Trinajstić information content (AvgIpc) is 2.41. The first kappa shape index (κ1) is 13.6. The number of rotatable bonds is 5. The number of hydrogen-bond acceptors (Lipinski definition) is 2. The highest BCUT2D eigenvalue weighted by atomic mass is 16.3. The highest BCUT2D eigenvalue weighted by Gasteiger charge is 2.08. The molecule has 0 radical (unpaired) electrons. The molecular formula is C17H21NO. The van der Waals surface area contributed by atoms with Crippen molar-refractivity contribution < 1.29 is 5.11 Å². The summed E-state index contributed by atoms with van der Waals surface area (Å²) in [5.41, 5.74) is 3.81. The van der Waals surface area contributed by atoms with Crippen molar-refractivity contribution in [3.63, 3.8) is 0 Å². The van der Waals surface area contributed by atoms with E-state index in [-0.39, 0.29) is 0 Å². The summed E-state index contributed by atoms with van der Waals surface area (Å²) in [6.45, 7) is 5.14. The molecule has 0 saturated heterocycles. The molecule has 2 aromatic carbocycles. The van der Waals surface area contributed by atoms with Gasteiger partial charge in [0.25, 0.3) is 0 Å². The molecule has 0 aromatic heterocycles. The summed E-state index contributed by atoms with van der Waals surface area (Å²) in [5.74, 6) is 0.317. The van der Waals surface area contributed by atoms with Crippen LogP contribution in [0.4, 0.5) is 0 Å². The van der Waals surface area contributed by atoms with Gasteiger partial charge in [0.15, 0.2) is 0 Å². The number of nitrogens with one attached hydrogen (secondary N) is 1. The van der Waals surface area contributed by atoms with Crippen LogP contribution >= 0.6 is 0 Å². The van der Waals surface area contributed by atoms with Crippen LogP contribution < -0.4 is 5.32 Å². The molecule has 2 heteroatoms. The van der Waals surface area contributed by atoms with Crippen LogP contribution in [0, 0.1) is 6.92 Å². The van der Waals surface area contributed by atoms with Gasteiger partial charge in [-0.3, -0.25) is 0 Å². The summed E-state index contributed by atoms with van der Waals surface area (Å²) in [6, 6.07) is 16.3.